The second kappa shape index (κ2) is 20.0. The molecule has 1 aliphatic heterocycles. The maximum atomic E-state index is 10.5. The first-order valence-corrected chi connectivity index (χ1v) is 20.9. The number of para-hydroxylation sites is 1. The number of aromatic nitrogens is 1. The molecule has 1 aliphatic carbocycles. The van der Waals surface area contributed by atoms with E-state index >= 15 is 0 Å². The van der Waals surface area contributed by atoms with Crippen LogP contribution in [-0.2, 0) is 12.2 Å². The van der Waals surface area contributed by atoms with Gasteiger partial charge in [0, 0.05) is 29.1 Å². The van der Waals surface area contributed by atoms with E-state index < -0.39 is 11.8 Å². The first-order chi connectivity index (χ1) is 26.2. The monoisotopic (exact) mass is 762 g/mol. The number of hydrogen-bond acceptors (Lipinski definition) is 6. The first-order valence-electron chi connectivity index (χ1n) is 20.1. The predicted molar refractivity (Wildman–Crippen MR) is 226 cm³/mol. The number of allylic oxidation sites excluding steroid dienone is 2. The Morgan fingerprint density at radius 1 is 1.04 bits per heavy atom. The molecule has 6 unspecified atom stereocenters. The van der Waals surface area contributed by atoms with Crippen molar-refractivity contribution in [3.63, 3.8) is 0 Å². The van der Waals surface area contributed by atoms with Crippen molar-refractivity contribution in [2.45, 2.75) is 126 Å². The fourth-order valence-electron chi connectivity index (χ4n) is 7.66. The summed E-state index contributed by atoms with van der Waals surface area (Å²) < 4.78 is 13.2. The van der Waals surface area contributed by atoms with Crippen LogP contribution in [0.15, 0.2) is 78.0 Å². The van der Waals surface area contributed by atoms with Crippen molar-refractivity contribution in [2.75, 3.05) is 0 Å². The lowest BCUT2D eigenvalue weighted by Crippen LogP contribution is -2.32. The number of aromatic carboxylic acids is 1. The Bertz CT molecular complexity index is 1940. The van der Waals surface area contributed by atoms with Crippen LogP contribution in [0.25, 0.3) is 0 Å². The molecule has 294 valence electrons. The van der Waals surface area contributed by atoms with E-state index in [9.17, 15) is 10.1 Å². The highest BCUT2D eigenvalue weighted by Crippen LogP contribution is 2.56. The number of ether oxygens (including phenoxy) is 2. The number of fused-ring (bicyclic) bond motifs is 1. The van der Waals surface area contributed by atoms with Crippen molar-refractivity contribution in [1.82, 2.24) is 4.98 Å². The Morgan fingerprint density at radius 3 is 2.36 bits per heavy atom. The molecular weight excluding hydrogens is 701 g/mol. The number of benzene rings is 3. The van der Waals surface area contributed by atoms with Crippen LogP contribution in [0.3, 0.4) is 0 Å². The van der Waals surface area contributed by atoms with E-state index in [4.69, 9.17) is 14.6 Å². The number of nitrogens with zero attached hydrogens (tertiary/aromatic N) is 2. The second-order valence-corrected chi connectivity index (χ2v) is 16.9. The number of thiazole rings is 1. The highest BCUT2D eigenvalue weighted by molar-refractivity contribution is 7.09. The molecule has 0 saturated heterocycles. The molecule has 2 heterocycles. The first kappa shape index (κ1) is 43.3. The van der Waals surface area contributed by atoms with Gasteiger partial charge in [0.15, 0.2) is 11.5 Å². The van der Waals surface area contributed by atoms with E-state index in [2.05, 4.69) is 70.8 Å². The van der Waals surface area contributed by atoms with Crippen LogP contribution in [0.4, 0.5) is 0 Å². The van der Waals surface area contributed by atoms with E-state index in [1.54, 1.807) is 23.5 Å². The molecule has 4 aromatic rings. The van der Waals surface area contributed by atoms with Gasteiger partial charge < -0.3 is 14.6 Å². The van der Waals surface area contributed by atoms with Gasteiger partial charge in [-0.25, -0.2) is 4.79 Å². The number of carbonyl (C=O) groups is 1. The number of hydrogen-bond donors (Lipinski definition) is 1. The molecule has 6 rings (SSSR count). The number of carboxylic acids is 1. The average molecular weight is 763 g/mol. The van der Waals surface area contributed by atoms with Gasteiger partial charge in [0.2, 0.25) is 0 Å². The van der Waals surface area contributed by atoms with Crippen LogP contribution in [-0.4, -0.2) is 16.1 Å². The van der Waals surface area contributed by atoms with E-state index in [1.165, 1.54) is 54.5 Å². The molecular formula is C48H62N2O4S. The number of aryl methyl sites for hydroxylation is 4. The summed E-state index contributed by atoms with van der Waals surface area (Å²) in [4.78, 5) is 15.8. The molecule has 0 spiro atoms. The zero-order valence-electron chi connectivity index (χ0n) is 34.7. The molecule has 3 aromatic carbocycles. The quantitative estimate of drug-likeness (QED) is 0.136. The Balaban J connectivity index is 0.000000287. The minimum atomic E-state index is -0.888. The van der Waals surface area contributed by atoms with Gasteiger partial charge in [-0.05, 0) is 149 Å². The summed E-state index contributed by atoms with van der Waals surface area (Å²) in [5, 5.41) is 17.9. The van der Waals surface area contributed by atoms with Crippen molar-refractivity contribution < 1.29 is 19.4 Å². The smallest absolute Gasteiger partial charge is 0.335 e. The Morgan fingerprint density at radius 2 is 1.78 bits per heavy atom. The molecule has 0 amide bonds. The predicted octanol–water partition coefficient (Wildman–Crippen LogP) is 13.1. The third kappa shape index (κ3) is 11.8. The van der Waals surface area contributed by atoms with Crippen molar-refractivity contribution >= 4 is 17.3 Å². The summed E-state index contributed by atoms with van der Waals surface area (Å²) in [6.07, 6.45) is 12.7. The van der Waals surface area contributed by atoms with Gasteiger partial charge >= 0.3 is 5.97 Å². The third-order valence-corrected chi connectivity index (χ3v) is 12.2. The molecule has 7 heteroatoms. The summed E-state index contributed by atoms with van der Waals surface area (Å²) in [5.41, 5.74) is 9.83. The number of nitriles is 1. The van der Waals surface area contributed by atoms with Gasteiger partial charge in [-0.15, -0.1) is 11.3 Å². The van der Waals surface area contributed by atoms with Crippen LogP contribution in [0, 0.1) is 55.8 Å². The second-order valence-electron chi connectivity index (χ2n) is 16.0. The van der Waals surface area contributed by atoms with Crippen LogP contribution in [0.2, 0.25) is 0 Å². The van der Waals surface area contributed by atoms with Gasteiger partial charge in [-0.2, -0.15) is 5.26 Å². The molecule has 1 aromatic heterocycles. The Hall–Kier alpha value is -4.41. The summed E-state index contributed by atoms with van der Waals surface area (Å²) in [7, 11) is 0. The van der Waals surface area contributed by atoms with Gasteiger partial charge in [-0.1, -0.05) is 70.9 Å². The summed E-state index contributed by atoms with van der Waals surface area (Å²) in [5.74, 6) is 3.33. The van der Waals surface area contributed by atoms with Crippen molar-refractivity contribution in [3.05, 3.63) is 122 Å². The van der Waals surface area contributed by atoms with Crippen molar-refractivity contribution in [3.8, 4) is 17.6 Å². The molecule has 0 radical (unpaired) electrons. The lowest BCUT2D eigenvalue weighted by Gasteiger charge is -2.27. The molecule has 1 fully saturated rings. The summed E-state index contributed by atoms with van der Waals surface area (Å²) in [6, 6.07) is 19.5. The van der Waals surface area contributed by atoms with Crippen molar-refractivity contribution in [1.29, 1.82) is 5.26 Å². The van der Waals surface area contributed by atoms with E-state index in [0.29, 0.717) is 34.8 Å². The molecule has 1 saturated carbocycles. The van der Waals surface area contributed by atoms with Crippen LogP contribution < -0.4 is 9.47 Å². The Labute approximate surface area is 334 Å². The number of carboxylic acid groups (broad SMARTS) is 1. The maximum Gasteiger partial charge on any atom is 0.335 e. The lowest BCUT2D eigenvalue weighted by molar-refractivity contribution is -0.0690. The van der Waals surface area contributed by atoms with Gasteiger partial charge in [-0.3, -0.25) is 4.98 Å². The van der Waals surface area contributed by atoms with Crippen molar-refractivity contribution in [2.24, 2.45) is 23.7 Å². The average Bonchev–Trinajstić information content (AvgIpc) is 3.47. The van der Waals surface area contributed by atoms with Gasteiger partial charge in [0.05, 0.1) is 22.7 Å². The summed E-state index contributed by atoms with van der Waals surface area (Å²) in [6.45, 7) is 21.8. The van der Waals surface area contributed by atoms with Crippen LogP contribution >= 0.6 is 11.3 Å². The maximum absolute atomic E-state index is 10.5. The fraction of sp³-hybridized carbons (Fsp3) is 0.479. The fourth-order valence-corrected chi connectivity index (χ4v) is 8.36. The highest BCUT2D eigenvalue weighted by Gasteiger charge is 2.45. The lowest BCUT2D eigenvalue weighted by atomic mass is 9.81. The van der Waals surface area contributed by atoms with Crippen LogP contribution in [0.5, 0.6) is 11.5 Å². The number of rotatable bonds is 13. The topological polar surface area (TPSA) is 92.4 Å². The highest BCUT2D eigenvalue weighted by atomic mass is 32.1. The minimum Gasteiger partial charge on any atom is -0.478 e. The Kier molecular flexibility index (Phi) is 15.7. The standard InChI is InChI=1S/C33H43NO2.C9H10O2.C6H9NS/c1-8-10-21(2)17-23(4)22(3)13-15-27(29-19-24(29)5)28-11-9-12-31-32(28)36-33(7,35-31)30-16-14-26(20-34)18-25(30)6;1-6-3-4-8(9(10)11)5-7(6)2;1-2-3-6-4-7-5-8-6/h9-12,14,16,18,22-24,27,29H,8,13,15,17,19H2,1-7H3;3-5H,1-2H3,(H,10,11);4-5H,2-3H2,1H3/b21-10-;;. The van der Waals surface area contributed by atoms with Crippen LogP contribution in [0.1, 0.15) is 142 Å². The molecule has 0 bridgehead atoms. The molecule has 1 N–H and O–H groups in total. The molecule has 6 atom stereocenters. The van der Waals surface area contributed by atoms with Gasteiger partial charge in [0.25, 0.3) is 5.79 Å². The molecule has 55 heavy (non-hydrogen) atoms. The van der Waals surface area contributed by atoms with E-state index in [-0.39, 0.29) is 0 Å². The van der Waals surface area contributed by atoms with E-state index in [1.807, 2.05) is 69.7 Å². The molecule has 2 aliphatic rings. The zero-order chi connectivity index (χ0) is 40.3. The normalized spacial score (nSPS) is 19.8. The zero-order valence-corrected chi connectivity index (χ0v) is 35.6. The van der Waals surface area contributed by atoms with Gasteiger partial charge in [0.1, 0.15) is 0 Å². The van der Waals surface area contributed by atoms with E-state index in [0.717, 1.165) is 46.1 Å². The summed E-state index contributed by atoms with van der Waals surface area (Å²) >= 11 is 1.74. The SMILES string of the molecule is CC/C=C(/C)CC(C)C(C)CCC(c1cccc2c1OC(C)(c1ccc(C#N)cc1C)O2)C1CC1C.CCCc1cncs1.Cc1ccc(C(=O)O)cc1C. The largest absolute Gasteiger partial charge is 0.478 e. The minimum absolute atomic E-state index is 0.355. The third-order valence-electron chi connectivity index (χ3n) is 11.4. The molecule has 6 nitrogen and oxygen atoms in total.